The Morgan fingerprint density at radius 1 is 1.59 bits per heavy atom. The summed E-state index contributed by atoms with van der Waals surface area (Å²) in [6.07, 6.45) is 0.488. The largest absolute Gasteiger partial charge is 0.462 e. The minimum absolute atomic E-state index is 0.0979. The summed E-state index contributed by atoms with van der Waals surface area (Å²) in [5.74, 6) is -0.274. The van der Waals surface area contributed by atoms with Crippen LogP contribution in [-0.2, 0) is 4.74 Å². The van der Waals surface area contributed by atoms with Crippen molar-refractivity contribution in [2.24, 2.45) is 0 Å². The van der Waals surface area contributed by atoms with E-state index in [1.54, 1.807) is 14.0 Å². The van der Waals surface area contributed by atoms with Crippen molar-refractivity contribution in [1.29, 1.82) is 0 Å². The average Bonchev–Trinajstić information content (AvgIpc) is 2.28. The Morgan fingerprint density at radius 2 is 2.29 bits per heavy atom. The first-order chi connectivity index (χ1) is 8.04. The van der Waals surface area contributed by atoms with E-state index in [-0.39, 0.29) is 17.4 Å². The minimum Gasteiger partial charge on any atom is -0.462 e. The molecular formula is C12H15NO4. The first kappa shape index (κ1) is 11.9. The summed E-state index contributed by atoms with van der Waals surface area (Å²) in [5.41, 5.74) is 0.888. The predicted octanol–water partition coefficient (Wildman–Crippen LogP) is 2.19. The number of nitro groups is 1. The van der Waals surface area contributed by atoms with E-state index in [4.69, 9.17) is 9.47 Å². The summed E-state index contributed by atoms with van der Waals surface area (Å²) in [7, 11) is 1.55. The Morgan fingerprint density at radius 3 is 2.94 bits per heavy atom. The van der Waals surface area contributed by atoms with Crippen LogP contribution >= 0.6 is 0 Å². The molecule has 2 atom stereocenters. The molecular weight excluding hydrogens is 222 g/mol. The van der Waals surface area contributed by atoms with Gasteiger partial charge in [-0.15, -0.1) is 0 Å². The van der Waals surface area contributed by atoms with Crippen molar-refractivity contribution in [2.45, 2.75) is 25.0 Å². The second kappa shape index (κ2) is 4.33. The van der Waals surface area contributed by atoms with Gasteiger partial charge in [0.05, 0.1) is 5.92 Å². The van der Waals surface area contributed by atoms with Crippen LogP contribution < -0.4 is 4.74 Å². The molecule has 0 saturated heterocycles. The first-order valence-electron chi connectivity index (χ1n) is 5.49. The SMILES string of the molecule is CO[C@@]1(C)C[C@@H](C[N+](=O)[O-])c2ccccc2O1. The molecule has 0 aliphatic carbocycles. The molecule has 0 aromatic heterocycles. The van der Waals surface area contributed by atoms with Gasteiger partial charge in [-0.25, -0.2) is 0 Å². The standard InChI is InChI=1S/C12H15NO4/c1-12(16-2)7-9(8-13(14)15)10-5-3-4-6-11(10)17-12/h3-6,9H,7-8H2,1-2H3/t9-,12+/m0/s1. The van der Waals surface area contributed by atoms with Gasteiger partial charge in [-0.05, 0) is 6.07 Å². The lowest BCUT2D eigenvalue weighted by Crippen LogP contribution is -2.41. The molecule has 1 aliphatic rings. The number of methoxy groups -OCH3 is 1. The molecule has 0 unspecified atom stereocenters. The van der Waals surface area contributed by atoms with Gasteiger partial charge in [0.25, 0.3) is 0 Å². The maximum absolute atomic E-state index is 10.7. The Hall–Kier alpha value is -1.62. The number of para-hydroxylation sites is 1. The molecule has 0 radical (unpaired) electrons. The Labute approximate surface area is 99.5 Å². The summed E-state index contributed by atoms with van der Waals surface area (Å²) in [6, 6.07) is 7.41. The topological polar surface area (TPSA) is 61.6 Å². The minimum atomic E-state index is -0.783. The highest BCUT2D eigenvalue weighted by Crippen LogP contribution is 2.40. The highest BCUT2D eigenvalue weighted by molar-refractivity contribution is 5.38. The van der Waals surface area contributed by atoms with Crippen molar-refractivity contribution >= 4 is 0 Å². The van der Waals surface area contributed by atoms with Crippen LogP contribution in [0.1, 0.15) is 24.8 Å². The average molecular weight is 237 g/mol. The summed E-state index contributed by atoms with van der Waals surface area (Å²) in [5, 5.41) is 10.7. The number of rotatable bonds is 3. The molecule has 0 fully saturated rings. The van der Waals surface area contributed by atoms with E-state index in [0.29, 0.717) is 12.2 Å². The fourth-order valence-corrected chi connectivity index (χ4v) is 2.21. The third-order valence-electron chi connectivity index (χ3n) is 3.10. The quantitative estimate of drug-likeness (QED) is 0.597. The van der Waals surface area contributed by atoms with E-state index in [1.807, 2.05) is 24.3 Å². The van der Waals surface area contributed by atoms with Crippen LogP contribution in [0.15, 0.2) is 24.3 Å². The number of hydrogen-bond acceptors (Lipinski definition) is 4. The van der Waals surface area contributed by atoms with E-state index < -0.39 is 5.79 Å². The molecule has 1 aromatic rings. The van der Waals surface area contributed by atoms with Gasteiger partial charge in [-0.2, -0.15) is 0 Å². The van der Waals surface area contributed by atoms with Crippen LogP contribution in [0.2, 0.25) is 0 Å². The van der Waals surface area contributed by atoms with E-state index in [1.165, 1.54) is 0 Å². The number of benzene rings is 1. The third-order valence-corrected chi connectivity index (χ3v) is 3.10. The zero-order chi connectivity index (χ0) is 12.5. The number of hydrogen-bond donors (Lipinski definition) is 0. The molecule has 0 saturated carbocycles. The van der Waals surface area contributed by atoms with Gasteiger partial charge in [-0.3, -0.25) is 10.1 Å². The number of ether oxygens (including phenoxy) is 2. The smallest absolute Gasteiger partial charge is 0.211 e. The van der Waals surface area contributed by atoms with Crippen molar-refractivity contribution in [3.8, 4) is 5.75 Å². The van der Waals surface area contributed by atoms with Crippen LogP contribution in [0.4, 0.5) is 0 Å². The first-order valence-corrected chi connectivity index (χ1v) is 5.49. The molecule has 0 amide bonds. The second-order valence-electron chi connectivity index (χ2n) is 4.39. The summed E-state index contributed by atoms with van der Waals surface area (Å²) in [4.78, 5) is 10.4. The molecule has 0 spiro atoms. The Balaban J connectivity index is 2.35. The molecule has 1 aromatic carbocycles. The van der Waals surface area contributed by atoms with Gasteiger partial charge >= 0.3 is 0 Å². The fourth-order valence-electron chi connectivity index (χ4n) is 2.21. The monoisotopic (exact) mass is 237 g/mol. The summed E-state index contributed by atoms with van der Waals surface area (Å²) in [6.45, 7) is 1.70. The Bertz CT molecular complexity index is 434. The summed E-state index contributed by atoms with van der Waals surface area (Å²) < 4.78 is 11.0. The van der Waals surface area contributed by atoms with Gasteiger partial charge < -0.3 is 9.47 Å². The van der Waals surface area contributed by atoms with Crippen LogP contribution in [0.3, 0.4) is 0 Å². The third kappa shape index (κ3) is 2.39. The predicted molar refractivity (Wildman–Crippen MR) is 61.7 cm³/mol. The molecule has 0 N–H and O–H groups in total. The van der Waals surface area contributed by atoms with Crippen molar-refractivity contribution in [2.75, 3.05) is 13.7 Å². The zero-order valence-corrected chi connectivity index (χ0v) is 9.88. The molecule has 92 valence electrons. The maximum Gasteiger partial charge on any atom is 0.211 e. The number of nitrogens with zero attached hydrogens (tertiary/aromatic N) is 1. The van der Waals surface area contributed by atoms with Crippen molar-refractivity contribution < 1.29 is 14.4 Å². The van der Waals surface area contributed by atoms with E-state index in [0.717, 1.165) is 5.56 Å². The molecule has 0 bridgehead atoms. The molecule has 5 heteroatoms. The van der Waals surface area contributed by atoms with Crippen molar-refractivity contribution in [3.63, 3.8) is 0 Å². The lowest BCUT2D eigenvalue weighted by atomic mass is 9.88. The molecule has 5 nitrogen and oxygen atoms in total. The van der Waals surface area contributed by atoms with Gasteiger partial charge in [0.1, 0.15) is 5.75 Å². The van der Waals surface area contributed by atoms with Crippen LogP contribution in [0.5, 0.6) is 5.75 Å². The molecule has 2 rings (SSSR count). The zero-order valence-electron chi connectivity index (χ0n) is 9.88. The lowest BCUT2D eigenvalue weighted by Gasteiger charge is -2.37. The van der Waals surface area contributed by atoms with E-state index in [9.17, 15) is 10.1 Å². The van der Waals surface area contributed by atoms with Gasteiger partial charge in [0.2, 0.25) is 12.3 Å². The van der Waals surface area contributed by atoms with Crippen LogP contribution in [0.25, 0.3) is 0 Å². The van der Waals surface area contributed by atoms with E-state index >= 15 is 0 Å². The highest BCUT2D eigenvalue weighted by Gasteiger charge is 2.39. The highest BCUT2D eigenvalue weighted by atomic mass is 16.7. The fraction of sp³-hybridized carbons (Fsp3) is 0.500. The molecule has 1 aliphatic heterocycles. The Kier molecular flexibility index (Phi) is 3.02. The van der Waals surface area contributed by atoms with Crippen LogP contribution in [-0.4, -0.2) is 24.4 Å². The van der Waals surface area contributed by atoms with Crippen LogP contribution in [0, 0.1) is 10.1 Å². The van der Waals surface area contributed by atoms with Gasteiger partial charge in [-0.1, -0.05) is 18.2 Å². The van der Waals surface area contributed by atoms with Gasteiger partial charge in [0.15, 0.2) is 0 Å². The maximum atomic E-state index is 10.7. The summed E-state index contributed by atoms with van der Waals surface area (Å²) >= 11 is 0. The lowest BCUT2D eigenvalue weighted by molar-refractivity contribution is -0.485. The number of fused-ring (bicyclic) bond motifs is 1. The normalized spacial score (nSPS) is 27.1. The van der Waals surface area contributed by atoms with Crippen molar-refractivity contribution in [1.82, 2.24) is 0 Å². The van der Waals surface area contributed by atoms with Crippen molar-refractivity contribution in [3.05, 3.63) is 39.9 Å². The molecule has 1 heterocycles. The van der Waals surface area contributed by atoms with E-state index in [2.05, 4.69) is 0 Å². The molecule has 17 heavy (non-hydrogen) atoms. The van der Waals surface area contributed by atoms with Gasteiger partial charge in [0, 0.05) is 30.9 Å². The second-order valence-corrected chi connectivity index (χ2v) is 4.39.